The first kappa shape index (κ1) is 6.01. The van der Waals surface area contributed by atoms with Crippen molar-refractivity contribution >= 4 is 0 Å². The van der Waals surface area contributed by atoms with Crippen molar-refractivity contribution in [1.29, 1.82) is 0 Å². The highest BCUT2D eigenvalue weighted by atomic mass is 16.6. The third kappa shape index (κ3) is 2.26. The highest BCUT2D eigenvalue weighted by molar-refractivity contribution is 4.49. The Bertz CT molecular complexity index is 34.4. The Kier molecular flexibility index (Phi) is 2.88. The third-order valence-corrected chi connectivity index (χ3v) is 1.12. The molecule has 3 nitrogen and oxygen atoms in total. The van der Waals surface area contributed by atoms with E-state index >= 15 is 0 Å². The monoisotopic (exact) mass is 116 g/mol. The second-order valence-electron chi connectivity index (χ2n) is 1.85. The van der Waals surface area contributed by atoms with Gasteiger partial charge in [-0.15, -0.1) is 0 Å². The summed E-state index contributed by atoms with van der Waals surface area (Å²) in [5.41, 5.74) is 2.85. The average molecular weight is 116 g/mol. The van der Waals surface area contributed by atoms with Gasteiger partial charge in [-0.25, -0.2) is 5.48 Å². The number of hydroxylamine groups is 1. The zero-order valence-corrected chi connectivity index (χ0v) is 4.94. The number of hydrogen-bond donors (Lipinski definition) is 2. The summed E-state index contributed by atoms with van der Waals surface area (Å²) in [5, 5.41) is 3.22. The van der Waals surface area contributed by atoms with E-state index in [1.165, 1.54) is 0 Å². The molecule has 1 fully saturated rings. The van der Waals surface area contributed by atoms with Crippen LogP contribution in [0.2, 0.25) is 0 Å². The minimum Gasteiger partial charge on any atom is -0.314 e. The van der Waals surface area contributed by atoms with E-state index in [4.69, 9.17) is 4.84 Å². The summed E-state index contributed by atoms with van der Waals surface area (Å²) in [5.74, 6) is 0. The van der Waals surface area contributed by atoms with Crippen molar-refractivity contribution in [1.82, 2.24) is 10.8 Å². The highest BCUT2D eigenvalue weighted by Crippen LogP contribution is 1.77. The minimum atomic E-state index is 0.778. The predicted octanol–water partition coefficient (Wildman–Crippen LogP) is -0.499. The van der Waals surface area contributed by atoms with Crippen molar-refractivity contribution in [3.63, 3.8) is 0 Å². The summed E-state index contributed by atoms with van der Waals surface area (Å²) in [7, 11) is 0. The molecule has 1 heterocycles. The van der Waals surface area contributed by atoms with E-state index in [-0.39, 0.29) is 0 Å². The van der Waals surface area contributed by atoms with Crippen molar-refractivity contribution in [2.75, 3.05) is 26.2 Å². The molecule has 1 saturated heterocycles. The van der Waals surface area contributed by atoms with E-state index in [1.807, 2.05) is 0 Å². The summed E-state index contributed by atoms with van der Waals surface area (Å²) < 4.78 is 0. The maximum atomic E-state index is 4.96. The Morgan fingerprint density at radius 1 is 1.12 bits per heavy atom. The van der Waals surface area contributed by atoms with Gasteiger partial charge >= 0.3 is 0 Å². The van der Waals surface area contributed by atoms with Crippen molar-refractivity contribution in [2.45, 2.75) is 6.42 Å². The Hall–Kier alpha value is -0.120. The van der Waals surface area contributed by atoms with E-state index in [9.17, 15) is 0 Å². The molecular weight excluding hydrogens is 104 g/mol. The second-order valence-corrected chi connectivity index (χ2v) is 1.85. The summed E-state index contributed by atoms with van der Waals surface area (Å²) in [6.45, 7) is 3.82. The first-order chi connectivity index (χ1) is 4.00. The molecule has 0 saturated carbocycles. The van der Waals surface area contributed by atoms with E-state index in [0.717, 1.165) is 32.7 Å². The van der Waals surface area contributed by atoms with Gasteiger partial charge in [0.25, 0.3) is 0 Å². The summed E-state index contributed by atoms with van der Waals surface area (Å²) in [4.78, 5) is 4.96. The van der Waals surface area contributed by atoms with Crippen LogP contribution in [0.15, 0.2) is 0 Å². The zero-order valence-electron chi connectivity index (χ0n) is 4.94. The molecule has 0 bridgehead atoms. The molecule has 0 amide bonds. The van der Waals surface area contributed by atoms with Gasteiger partial charge in [0.15, 0.2) is 0 Å². The van der Waals surface area contributed by atoms with Crippen LogP contribution in [-0.4, -0.2) is 26.2 Å². The lowest BCUT2D eigenvalue weighted by atomic mass is 10.4. The fraction of sp³-hybridized carbons (Fsp3) is 1.00. The van der Waals surface area contributed by atoms with Gasteiger partial charge in [0.1, 0.15) is 0 Å². The van der Waals surface area contributed by atoms with Gasteiger partial charge in [0.2, 0.25) is 0 Å². The van der Waals surface area contributed by atoms with Gasteiger partial charge in [0, 0.05) is 13.1 Å². The molecule has 48 valence electrons. The Morgan fingerprint density at radius 3 is 3.12 bits per heavy atom. The van der Waals surface area contributed by atoms with Crippen LogP contribution in [0.3, 0.4) is 0 Å². The molecule has 1 rings (SSSR count). The lowest BCUT2D eigenvalue weighted by Crippen LogP contribution is -2.31. The highest BCUT2D eigenvalue weighted by Gasteiger charge is 1.92. The molecule has 3 heteroatoms. The first-order valence-electron chi connectivity index (χ1n) is 3.05. The van der Waals surface area contributed by atoms with Gasteiger partial charge < -0.3 is 10.2 Å². The molecule has 0 aromatic heterocycles. The molecule has 1 aliphatic rings. The summed E-state index contributed by atoms with van der Waals surface area (Å²) in [6, 6.07) is 0. The smallest absolute Gasteiger partial charge is 0.0806 e. The fourth-order valence-corrected chi connectivity index (χ4v) is 0.678. The Balaban J connectivity index is 2.00. The van der Waals surface area contributed by atoms with Crippen LogP contribution in [0, 0.1) is 0 Å². The standard InChI is InChI=1S/C5H12N2O/c1-2-6-4-5-8-7-3-1/h6-7H,1-5H2. The molecule has 0 unspecified atom stereocenters. The van der Waals surface area contributed by atoms with Crippen molar-refractivity contribution in [2.24, 2.45) is 0 Å². The minimum absolute atomic E-state index is 0.778. The van der Waals surface area contributed by atoms with Crippen LogP contribution >= 0.6 is 0 Å². The molecule has 0 spiro atoms. The van der Waals surface area contributed by atoms with Crippen LogP contribution in [0.5, 0.6) is 0 Å². The van der Waals surface area contributed by atoms with Crippen molar-refractivity contribution in [3.8, 4) is 0 Å². The number of hydrogen-bond acceptors (Lipinski definition) is 3. The largest absolute Gasteiger partial charge is 0.314 e. The first-order valence-corrected chi connectivity index (χ1v) is 3.05. The molecule has 2 N–H and O–H groups in total. The van der Waals surface area contributed by atoms with Crippen LogP contribution in [0.25, 0.3) is 0 Å². The average Bonchev–Trinajstić information content (AvgIpc) is 1.62. The SMILES string of the molecule is C1CNCCONC1. The normalized spacial score (nSPS) is 24.0. The predicted molar refractivity (Wildman–Crippen MR) is 31.4 cm³/mol. The molecule has 1 aliphatic heterocycles. The van der Waals surface area contributed by atoms with E-state index < -0.39 is 0 Å². The molecule has 0 radical (unpaired) electrons. The van der Waals surface area contributed by atoms with E-state index in [0.29, 0.717) is 0 Å². The third-order valence-electron chi connectivity index (χ3n) is 1.12. The van der Waals surface area contributed by atoms with Crippen LogP contribution < -0.4 is 10.8 Å². The molecular formula is C5H12N2O. The zero-order chi connectivity index (χ0) is 5.66. The maximum Gasteiger partial charge on any atom is 0.0806 e. The number of nitrogens with one attached hydrogen (secondary N) is 2. The molecule has 0 aliphatic carbocycles. The molecule has 0 atom stereocenters. The van der Waals surface area contributed by atoms with Gasteiger partial charge in [-0.05, 0) is 13.0 Å². The van der Waals surface area contributed by atoms with Gasteiger partial charge in [0.05, 0.1) is 6.61 Å². The fourth-order valence-electron chi connectivity index (χ4n) is 0.678. The van der Waals surface area contributed by atoms with Crippen LogP contribution in [0.4, 0.5) is 0 Å². The Labute approximate surface area is 49.4 Å². The van der Waals surface area contributed by atoms with Gasteiger partial charge in [-0.3, -0.25) is 0 Å². The van der Waals surface area contributed by atoms with Gasteiger partial charge in [-0.1, -0.05) is 0 Å². The summed E-state index contributed by atoms with van der Waals surface area (Å²) >= 11 is 0. The lowest BCUT2D eigenvalue weighted by Gasteiger charge is -2.10. The van der Waals surface area contributed by atoms with E-state index in [1.54, 1.807) is 0 Å². The van der Waals surface area contributed by atoms with Crippen molar-refractivity contribution in [3.05, 3.63) is 0 Å². The topological polar surface area (TPSA) is 33.3 Å². The molecule has 0 aromatic rings. The van der Waals surface area contributed by atoms with Crippen LogP contribution in [0.1, 0.15) is 6.42 Å². The summed E-state index contributed by atoms with van der Waals surface area (Å²) in [6.07, 6.45) is 1.15. The van der Waals surface area contributed by atoms with Crippen molar-refractivity contribution < 1.29 is 4.84 Å². The van der Waals surface area contributed by atoms with Gasteiger partial charge in [-0.2, -0.15) is 0 Å². The van der Waals surface area contributed by atoms with E-state index in [2.05, 4.69) is 10.8 Å². The van der Waals surface area contributed by atoms with Crippen LogP contribution in [-0.2, 0) is 4.84 Å². The lowest BCUT2D eigenvalue weighted by molar-refractivity contribution is 0.0362. The second kappa shape index (κ2) is 3.83. The maximum absolute atomic E-state index is 4.96. The molecule has 8 heavy (non-hydrogen) atoms. The number of rotatable bonds is 0. The Morgan fingerprint density at radius 2 is 2.12 bits per heavy atom. The molecule has 0 aromatic carbocycles. The quantitative estimate of drug-likeness (QED) is 0.447.